The number of benzene rings is 2. The Labute approximate surface area is 98.1 Å². The summed E-state index contributed by atoms with van der Waals surface area (Å²) in [7, 11) is 1.85. The highest BCUT2D eigenvalue weighted by Crippen LogP contribution is 2.25. The van der Waals surface area contributed by atoms with Crippen LogP contribution in [0.4, 0.5) is 5.69 Å². The quantitative estimate of drug-likeness (QED) is 0.624. The third-order valence-corrected chi connectivity index (χ3v) is 3.03. The number of para-hydroxylation sites is 1. The van der Waals surface area contributed by atoms with Crippen molar-refractivity contribution in [1.82, 2.24) is 4.98 Å². The van der Waals surface area contributed by atoms with E-state index in [0.717, 1.165) is 27.4 Å². The van der Waals surface area contributed by atoms with Crippen molar-refractivity contribution in [2.45, 2.75) is 0 Å². The molecule has 3 nitrogen and oxygen atoms in total. The minimum absolute atomic E-state index is 0.0456. The molecule has 0 saturated heterocycles. The highest BCUT2D eigenvalue weighted by Gasteiger charge is 2.06. The van der Waals surface area contributed by atoms with Gasteiger partial charge in [-0.3, -0.25) is 4.79 Å². The lowest BCUT2D eigenvalue weighted by Crippen LogP contribution is -2.07. The first-order chi connectivity index (χ1) is 8.31. The largest absolute Gasteiger partial charge is 0.386 e. The molecule has 0 atom stereocenters. The Morgan fingerprint density at radius 2 is 1.65 bits per heavy atom. The van der Waals surface area contributed by atoms with E-state index in [4.69, 9.17) is 0 Å². The summed E-state index contributed by atoms with van der Waals surface area (Å²) in [4.78, 5) is 14.9. The van der Waals surface area contributed by atoms with Crippen LogP contribution in [0.1, 0.15) is 0 Å². The second kappa shape index (κ2) is 3.63. The maximum Gasteiger partial charge on any atom is 0.256 e. The Hall–Kier alpha value is -2.29. The average molecular weight is 224 g/mol. The van der Waals surface area contributed by atoms with Gasteiger partial charge in [0.25, 0.3) is 5.56 Å². The van der Waals surface area contributed by atoms with Crippen LogP contribution < -0.4 is 10.9 Å². The summed E-state index contributed by atoms with van der Waals surface area (Å²) in [6.07, 6.45) is 0. The number of fused-ring (bicyclic) bond motifs is 3. The topological polar surface area (TPSA) is 44.9 Å². The molecule has 17 heavy (non-hydrogen) atoms. The standard InChI is InChI=1S/C14H12N2O/c1-15-12-8-4-7-10-9-5-2-3-6-11(9)14(17)16-13(10)12/h2-8,15H,1H3,(H,16,17). The van der Waals surface area contributed by atoms with Gasteiger partial charge in [0, 0.05) is 17.8 Å². The summed E-state index contributed by atoms with van der Waals surface area (Å²) < 4.78 is 0. The summed E-state index contributed by atoms with van der Waals surface area (Å²) in [5.41, 5.74) is 1.75. The third-order valence-electron chi connectivity index (χ3n) is 3.03. The summed E-state index contributed by atoms with van der Waals surface area (Å²) >= 11 is 0. The van der Waals surface area contributed by atoms with Crippen LogP contribution in [0.2, 0.25) is 0 Å². The third kappa shape index (κ3) is 1.40. The van der Waals surface area contributed by atoms with Crippen molar-refractivity contribution < 1.29 is 0 Å². The lowest BCUT2D eigenvalue weighted by molar-refractivity contribution is 1.34. The Bertz CT molecular complexity index is 759. The highest BCUT2D eigenvalue weighted by molar-refractivity contribution is 6.08. The van der Waals surface area contributed by atoms with Crippen LogP contribution in [-0.2, 0) is 0 Å². The Morgan fingerprint density at radius 3 is 2.41 bits per heavy atom. The number of aromatic amines is 1. The second-order valence-corrected chi connectivity index (χ2v) is 3.98. The molecule has 1 heterocycles. The lowest BCUT2D eigenvalue weighted by atomic mass is 10.1. The molecule has 1 aromatic heterocycles. The summed E-state index contributed by atoms with van der Waals surface area (Å²) in [5.74, 6) is 0. The molecule has 3 heteroatoms. The van der Waals surface area contributed by atoms with Gasteiger partial charge in [-0.1, -0.05) is 30.3 Å². The van der Waals surface area contributed by atoms with Crippen molar-refractivity contribution in [3.05, 3.63) is 52.8 Å². The number of hydrogen-bond acceptors (Lipinski definition) is 2. The maximum absolute atomic E-state index is 12.0. The van der Waals surface area contributed by atoms with Gasteiger partial charge in [-0.05, 0) is 17.5 Å². The number of nitrogens with one attached hydrogen (secondary N) is 2. The zero-order valence-corrected chi connectivity index (χ0v) is 9.45. The summed E-state index contributed by atoms with van der Waals surface area (Å²) in [6, 6.07) is 13.6. The number of rotatable bonds is 1. The fraction of sp³-hybridized carbons (Fsp3) is 0.0714. The van der Waals surface area contributed by atoms with Gasteiger partial charge in [0.1, 0.15) is 0 Å². The number of H-pyrrole nitrogens is 1. The van der Waals surface area contributed by atoms with E-state index in [-0.39, 0.29) is 5.56 Å². The number of aromatic nitrogens is 1. The second-order valence-electron chi connectivity index (χ2n) is 3.98. The number of hydrogen-bond donors (Lipinski definition) is 2. The minimum atomic E-state index is -0.0456. The van der Waals surface area contributed by atoms with Crippen LogP contribution in [0, 0.1) is 0 Å². The summed E-state index contributed by atoms with van der Waals surface area (Å²) in [5, 5.41) is 5.87. The first-order valence-electron chi connectivity index (χ1n) is 5.53. The van der Waals surface area contributed by atoms with Crippen LogP contribution in [0.25, 0.3) is 21.7 Å². The molecular formula is C14H12N2O. The van der Waals surface area contributed by atoms with E-state index >= 15 is 0 Å². The van der Waals surface area contributed by atoms with Crippen molar-refractivity contribution in [3.63, 3.8) is 0 Å². The average Bonchev–Trinajstić information content (AvgIpc) is 2.39. The highest BCUT2D eigenvalue weighted by atomic mass is 16.1. The van der Waals surface area contributed by atoms with Gasteiger partial charge < -0.3 is 10.3 Å². The minimum Gasteiger partial charge on any atom is -0.386 e. The Morgan fingerprint density at radius 1 is 0.941 bits per heavy atom. The van der Waals surface area contributed by atoms with Crippen LogP contribution in [-0.4, -0.2) is 12.0 Å². The molecule has 3 rings (SSSR count). The van der Waals surface area contributed by atoms with E-state index in [1.807, 2.05) is 49.5 Å². The van der Waals surface area contributed by atoms with E-state index in [2.05, 4.69) is 10.3 Å². The van der Waals surface area contributed by atoms with Crippen molar-refractivity contribution in [3.8, 4) is 0 Å². The fourth-order valence-corrected chi connectivity index (χ4v) is 2.22. The molecule has 0 aliphatic heterocycles. The Balaban J connectivity index is 2.62. The number of pyridine rings is 1. The molecule has 0 bridgehead atoms. The first-order valence-corrected chi connectivity index (χ1v) is 5.53. The van der Waals surface area contributed by atoms with Gasteiger partial charge in [0.15, 0.2) is 0 Å². The lowest BCUT2D eigenvalue weighted by Gasteiger charge is -2.07. The molecule has 0 radical (unpaired) electrons. The number of anilines is 1. The SMILES string of the molecule is CNc1cccc2c1[nH]c(=O)c1ccccc12. The van der Waals surface area contributed by atoms with Gasteiger partial charge in [-0.15, -0.1) is 0 Å². The van der Waals surface area contributed by atoms with Gasteiger partial charge in [0.05, 0.1) is 11.2 Å². The molecule has 2 N–H and O–H groups in total. The molecular weight excluding hydrogens is 212 g/mol. The van der Waals surface area contributed by atoms with E-state index in [9.17, 15) is 4.79 Å². The molecule has 3 aromatic rings. The fourth-order valence-electron chi connectivity index (χ4n) is 2.22. The zero-order chi connectivity index (χ0) is 11.8. The predicted octanol–water partition coefficient (Wildman–Crippen LogP) is 2.72. The van der Waals surface area contributed by atoms with Gasteiger partial charge in [-0.2, -0.15) is 0 Å². The first kappa shape index (κ1) is 9.90. The van der Waals surface area contributed by atoms with Gasteiger partial charge >= 0.3 is 0 Å². The molecule has 2 aromatic carbocycles. The van der Waals surface area contributed by atoms with Crippen molar-refractivity contribution >= 4 is 27.4 Å². The van der Waals surface area contributed by atoms with Crippen molar-refractivity contribution in [2.75, 3.05) is 12.4 Å². The van der Waals surface area contributed by atoms with Crippen LogP contribution in [0.15, 0.2) is 47.3 Å². The van der Waals surface area contributed by atoms with Crippen LogP contribution in [0.5, 0.6) is 0 Å². The summed E-state index contributed by atoms with van der Waals surface area (Å²) in [6.45, 7) is 0. The van der Waals surface area contributed by atoms with Crippen LogP contribution in [0.3, 0.4) is 0 Å². The van der Waals surface area contributed by atoms with E-state index < -0.39 is 0 Å². The molecule has 0 spiro atoms. The van der Waals surface area contributed by atoms with E-state index in [1.54, 1.807) is 0 Å². The molecule has 0 aliphatic carbocycles. The van der Waals surface area contributed by atoms with Crippen LogP contribution >= 0.6 is 0 Å². The Kier molecular flexibility index (Phi) is 2.11. The maximum atomic E-state index is 12.0. The van der Waals surface area contributed by atoms with E-state index in [0.29, 0.717) is 0 Å². The zero-order valence-electron chi connectivity index (χ0n) is 9.45. The molecule has 0 aliphatic rings. The van der Waals surface area contributed by atoms with Gasteiger partial charge in [0.2, 0.25) is 0 Å². The van der Waals surface area contributed by atoms with Crippen molar-refractivity contribution in [1.29, 1.82) is 0 Å². The predicted molar refractivity (Wildman–Crippen MR) is 71.6 cm³/mol. The molecule has 0 fully saturated rings. The normalized spacial score (nSPS) is 10.9. The molecule has 0 saturated carbocycles. The molecule has 0 unspecified atom stereocenters. The van der Waals surface area contributed by atoms with Crippen molar-refractivity contribution in [2.24, 2.45) is 0 Å². The van der Waals surface area contributed by atoms with Gasteiger partial charge in [-0.25, -0.2) is 0 Å². The smallest absolute Gasteiger partial charge is 0.256 e. The monoisotopic (exact) mass is 224 g/mol. The van der Waals surface area contributed by atoms with E-state index in [1.165, 1.54) is 0 Å². The molecule has 84 valence electrons. The molecule has 0 amide bonds.